The number of benzene rings is 3. The summed E-state index contributed by atoms with van der Waals surface area (Å²) in [6.07, 6.45) is -3.34. The van der Waals surface area contributed by atoms with Crippen molar-refractivity contribution in [3.8, 4) is 5.75 Å². The number of halogens is 4. The van der Waals surface area contributed by atoms with Gasteiger partial charge < -0.3 is 4.74 Å². The second-order valence-corrected chi connectivity index (χ2v) is 11.5. The minimum absolute atomic E-state index is 0.148. The van der Waals surface area contributed by atoms with Gasteiger partial charge in [-0.25, -0.2) is 13.8 Å². The lowest BCUT2D eigenvalue weighted by Crippen LogP contribution is -2.39. The summed E-state index contributed by atoms with van der Waals surface area (Å²) in [5.41, 5.74) is 1.23. The molecule has 0 aromatic heterocycles. The summed E-state index contributed by atoms with van der Waals surface area (Å²) in [6.45, 7) is -0.837. The number of nitrogens with zero attached hydrogens (tertiary/aromatic N) is 2. The highest BCUT2D eigenvalue weighted by atomic mass is 35.5. The highest BCUT2D eigenvalue weighted by Crippen LogP contribution is 2.38. The summed E-state index contributed by atoms with van der Waals surface area (Å²) >= 11 is 7.49. The summed E-state index contributed by atoms with van der Waals surface area (Å²) in [5, 5.41) is 3.26. The van der Waals surface area contributed by atoms with Crippen LogP contribution in [0.1, 0.15) is 11.1 Å². The molecule has 7 nitrogen and oxygen atoms in total. The molecule has 1 N–H and O–H groups in total. The van der Waals surface area contributed by atoms with Crippen molar-refractivity contribution >= 4 is 51.2 Å². The number of carbonyl (C=O) groups is 1. The van der Waals surface area contributed by atoms with E-state index >= 15 is 0 Å². The maximum Gasteiger partial charge on any atom is 0.417 e. The van der Waals surface area contributed by atoms with E-state index in [4.69, 9.17) is 16.3 Å². The van der Waals surface area contributed by atoms with Gasteiger partial charge in [-0.2, -0.15) is 30.0 Å². The molecule has 200 valence electrons. The fourth-order valence-corrected chi connectivity index (χ4v) is 5.63. The molecule has 0 radical (unpaired) electrons. The minimum Gasteiger partial charge on any atom is -0.489 e. The number of amides is 1. The molecule has 1 fully saturated rings. The summed E-state index contributed by atoms with van der Waals surface area (Å²) in [6, 6.07) is 16.7. The van der Waals surface area contributed by atoms with Gasteiger partial charge in [-0.05, 0) is 48.0 Å². The molecule has 1 amide bonds. The smallest absolute Gasteiger partial charge is 0.417 e. The number of carbonyl (C=O) groups excluding carboxylic acids is 1. The van der Waals surface area contributed by atoms with E-state index in [0.717, 1.165) is 23.6 Å². The fraction of sp³-hybridized carbons (Fsp3) is 0.200. The largest absolute Gasteiger partial charge is 0.489 e. The van der Waals surface area contributed by atoms with Crippen molar-refractivity contribution in [3.05, 3.63) is 88.9 Å². The molecule has 1 saturated heterocycles. The quantitative estimate of drug-likeness (QED) is 0.276. The topological polar surface area (TPSA) is 88.1 Å². The fourth-order valence-electron chi connectivity index (χ4n) is 3.41. The molecule has 3 aromatic rings. The van der Waals surface area contributed by atoms with E-state index in [1.165, 1.54) is 30.5 Å². The van der Waals surface area contributed by atoms with E-state index in [1.54, 1.807) is 42.1 Å². The van der Waals surface area contributed by atoms with Crippen LogP contribution >= 0.6 is 23.4 Å². The maximum absolute atomic E-state index is 13.5. The van der Waals surface area contributed by atoms with Crippen LogP contribution in [-0.2, 0) is 21.0 Å². The van der Waals surface area contributed by atoms with Crippen molar-refractivity contribution in [3.63, 3.8) is 0 Å². The number of alkyl halides is 3. The first-order chi connectivity index (χ1) is 18.0. The van der Waals surface area contributed by atoms with Crippen LogP contribution in [0, 0.1) is 0 Å². The average molecular weight is 584 g/mol. The molecule has 1 aliphatic heterocycles. The van der Waals surface area contributed by atoms with E-state index in [2.05, 4.69) is 10.5 Å². The standard InChI is InChI=1S/C25H21ClF3N3O4S2/c26-23-10-9-18(12-22(23)25(27,28)29)32(38(34,35)21-7-2-1-3-8-21)14-24(33)31-30-13-17-5-4-6-19(11-17)36-20-15-37-16-20/h1-13,20H,14-16H2,(H,31,33)/b30-13-. The van der Waals surface area contributed by atoms with E-state index in [0.29, 0.717) is 21.7 Å². The molecule has 0 unspecified atom stereocenters. The lowest BCUT2D eigenvalue weighted by atomic mass is 10.2. The molecule has 1 aliphatic rings. The van der Waals surface area contributed by atoms with Gasteiger partial charge in [0.25, 0.3) is 15.9 Å². The number of nitrogens with one attached hydrogen (secondary N) is 1. The Morgan fingerprint density at radius 3 is 2.50 bits per heavy atom. The van der Waals surface area contributed by atoms with Gasteiger partial charge in [0.05, 0.1) is 27.4 Å². The predicted molar refractivity (Wildman–Crippen MR) is 141 cm³/mol. The lowest BCUT2D eigenvalue weighted by Gasteiger charge is -2.25. The molecule has 0 aliphatic carbocycles. The van der Waals surface area contributed by atoms with Gasteiger partial charge in [0, 0.05) is 11.5 Å². The normalized spacial score (nSPS) is 14.2. The minimum atomic E-state index is -4.84. The molecule has 0 spiro atoms. The number of hydrogen-bond donors (Lipinski definition) is 1. The van der Waals surface area contributed by atoms with Crippen molar-refractivity contribution in [1.82, 2.24) is 5.43 Å². The molecule has 1 heterocycles. The SMILES string of the molecule is O=C(CN(c1ccc(Cl)c(C(F)(F)F)c1)S(=O)(=O)c1ccccc1)N/N=C\c1cccc(OC2CSC2)c1. The van der Waals surface area contributed by atoms with Crippen molar-refractivity contribution in [2.24, 2.45) is 5.10 Å². The van der Waals surface area contributed by atoms with Gasteiger partial charge in [-0.3, -0.25) is 9.10 Å². The first-order valence-corrected chi connectivity index (χ1v) is 14.1. The number of ether oxygens (including phenoxy) is 1. The van der Waals surface area contributed by atoms with Gasteiger partial charge >= 0.3 is 6.18 Å². The summed E-state index contributed by atoms with van der Waals surface area (Å²) in [4.78, 5) is 12.5. The molecular weight excluding hydrogens is 563 g/mol. The van der Waals surface area contributed by atoms with Crippen molar-refractivity contribution in [1.29, 1.82) is 0 Å². The first-order valence-electron chi connectivity index (χ1n) is 11.1. The van der Waals surface area contributed by atoms with Crippen LogP contribution in [0.4, 0.5) is 18.9 Å². The highest BCUT2D eigenvalue weighted by Gasteiger charge is 2.35. The van der Waals surface area contributed by atoms with Gasteiger partial charge in [0.15, 0.2) is 0 Å². The van der Waals surface area contributed by atoms with Crippen LogP contribution < -0.4 is 14.5 Å². The van der Waals surface area contributed by atoms with Crippen LogP contribution in [0.25, 0.3) is 0 Å². The van der Waals surface area contributed by atoms with Crippen LogP contribution in [-0.4, -0.2) is 44.7 Å². The second-order valence-electron chi connectivity index (χ2n) is 8.13. The zero-order chi connectivity index (χ0) is 27.3. The lowest BCUT2D eigenvalue weighted by molar-refractivity contribution is -0.137. The van der Waals surface area contributed by atoms with Gasteiger partial charge in [-0.1, -0.05) is 41.9 Å². The third-order valence-electron chi connectivity index (χ3n) is 5.33. The monoisotopic (exact) mass is 583 g/mol. The number of hydrogen-bond acceptors (Lipinski definition) is 6. The Bertz CT molecular complexity index is 1430. The van der Waals surface area contributed by atoms with E-state index < -0.39 is 39.2 Å². The number of thioether (sulfide) groups is 1. The van der Waals surface area contributed by atoms with E-state index in [-0.39, 0.29) is 16.7 Å². The average Bonchev–Trinajstić information content (AvgIpc) is 2.85. The van der Waals surface area contributed by atoms with Crippen LogP contribution in [0.15, 0.2) is 82.8 Å². The molecule has 4 rings (SSSR count). The Balaban J connectivity index is 1.55. The Morgan fingerprint density at radius 1 is 1.11 bits per heavy atom. The zero-order valence-electron chi connectivity index (χ0n) is 19.6. The van der Waals surface area contributed by atoms with Crippen molar-refractivity contribution < 1.29 is 31.1 Å². The molecule has 0 atom stereocenters. The highest BCUT2D eigenvalue weighted by molar-refractivity contribution is 8.00. The van der Waals surface area contributed by atoms with E-state index in [1.807, 2.05) is 0 Å². The van der Waals surface area contributed by atoms with Crippen LogP contribution in [0.3, 0.4) is 0 Å². The molecule has 13 heteroatoms. The second kappa shape index (κ2) is 11.7. The third-order valence-corrected chi connectivity index (χ3v) is 8.67. The van der Waals surface area contributed by atoms with Gasteiger partial charge in [-0.15, -0.1) is 0 Å². The Kier molecular flexibility index (Phi) is 8.54. The number of sulfonamides is 1. The van der Waals surface area contributed by atoms with Crippen LogP contribution in [0.2, 0.25) is 5.02 Å². The molecule has 38 heavy (non-hydrogen) atoms. The number of anilines is 1. The number of rotatable bonds is 9. The van der Waals surface area contributed by atoms with Crippen LogP contribution in [0.5, 0.6) is 5.75 Å². The molecular formula is C25H21ClF3N3O4S2. The zero-order valence-corrected chi connectivity index (χ0v) is 21.9. The Labute approximate surface area is 226 Å². The predicted octanol–water partition coefficient (Wildman–Crippen LogP) is 5.20. The van der Waals surface area contributed by atoms with Crippen molar-refractivity contribution in [2.45, 2.75) is 17.2 Å². The molecule has 0 bridgehead atoms. The Hall–Kier alpha value is -3.22. The first kappa shape index (κ1) is 27.8. The van der Waals surface area contributed by atoms with Gasteiger partial charge in [0.2, 0.25) is 0 Å². The summed E-state index contributed by atoms with van der Waals surface area (Å²) < 4.78 is 73.5. The number of hydrazone groups is 1. The maximum atomic E-state index is 13.5. The molecule has 0 saturated carbocycles. The summed E-state index contributed by atoms with van der Waals surface area (Å²) in [5.74, 6) is 1.60. The summed E-state index contributed by atoms with van der Waals surface area (Å²) in [7, 11) is -4.42. The Morgan fingerprint density at radius 2 is 1.84 bits per heavy atom. The van der Waals surface area contributed by atoms with Crippen molar-refractivity contribution in [2.75, 3.05) is 22.4 Å². The van der Waals surface area contributed by atoms with Gasteiger partial charge in [0.1, 0.15) is 18.4 Å². The third kappa shape index (κ3) is 6.80. The van der Waals surface area contributed by atoms with E-state index in [9.17, 15) is 26.4 Å². The molecule has 3 aromatic carbocycles.